The van der Waals surface area contributed by atoms with Crippen LogP contribution in [0.1, 0.15) is 96.9 Å². The van der Waals surface area contributed by atoms with E-state index in [9.17, 15) is 0 Å². The van der Waals surface area contributed by atoms with Gasteiger partial charge in [-0.3, -0.25) is 0 Å². The zero-order valence-corrected chi connectivity index (χ0v) is 41.5. The largest absolute Gasteiger partial charge is 1.00 e. The van der Waals surface area contributed by atoms with Crippen LogP contribution < -0.4 is 24.8 Å². The van der Waals surface area contributed by atoms with E-state index in [1.165, 1.54) is 39.4 Å². The normalized spacial score (nSPS) is 25.0. The fraction of sp³-hybridized carbons (Fsp3) is 0.327. The number of hydrogen-bond acceptors (Lipinski definition) is 0. The maximum Gasteiger partial charge on any atom is -1.00 e. The summed E-state index contributed by atoms with van der Waals surface area (Å²) in [6, 6.07) is 36.2. The molecule has 0 radical (unpaired) electrons. The van der Waals surface area contributed by atoms with Crippen LogP contribution in [0, 0.1) is 27.6 Å². The first-order valence-electron chi connectivity index (χ1n) is 21.4. The minimum absolute atomic E-state index is 0. The molecule has 0 aromatic heterocycles. The van der Waals surface area contributed by atoms with Gasteiger partial charge in [-0.25, -0.2) is 0 Å². The molecule has 5 aliphatic rings. The first-order valence-corrected chi connectivity index (χ1v) is 25.8. The molecule has 0 bridgehead atoms. The predicted octanol–water partition coefficient (Wildman–Crippen LogP) is 9.90. The van der Waals surface area contributed by atoms with Crippen LogP contribution in [-0.4, -0.2) is 3.21 Å². The summed E-state index contributed by atoms with van der Waals surface area (Å²) >= 11 is 10.9. The van der Waals surface area contributed by atoms with Gasteiger partial charge in [-0.05, 0) is 0 Å². The summed E-state index contributed by atoms with van der Waals surface area (Å²) in [5.74, 6) is 0.429. The second-order valence-electron chi connectivity index (χ2n) is 19.6. The molecule has 5 aromatic carbocycles. The summed E-state index contributed by atoms with van der Waals surface area (Å²) < 4.78 is 3.08. The molecule has 10 rings (SSSR count). The van der Waals surface area contributed by atoms with Crippen LogP contribution in [0.25, 0.3) is 27.1 Å². The van der Waals surface area contributed by atoms with Crippen LogP contribution in [0.5, 0.6) is 0 Å². The van der Waals surface area contributed by atoms with Gasteiger partial charge in [0.25, 0.3) is 0 Å². The maximum atomic E-state index is 7.12. The number of halogens is 4. The Morgan fingerprint density at radius 3 is 1.82 bits per heavy atom. The van der Waals surface area contributed by atoms with Crippen LogP contribution in [0.4, 0.5) is 0 Å². The van der Waals surface area contributed by atoms with E-state index in [1.54, 1.807) is 28.8 Å². The van der Waals surface area contributed by atoms with Gasteiger partial charge < -0.3 is 24.8 Å². The van der Waals surface area contributed by atoms with Crippen molar-refractivity contribution in [1.29, 1.82) is 0 Å². The van der Waals surface area contributed by atoms with Crippen molar-refractivity contribution in [3.05, 3.63) is 180 Å². The van der Waals surface area contributed by atoms with Crippen molar-refractivity contribution >= 4 is 53.5 Å². The third kappa shape index (κ3) is 5.61. The predicted molar refractivity (Wildman–Crippen MR) is 247 cm³/mol. The van der Waals surface area contributed by atoms with E-state index in [0.29, 0.717) is 5.92 Å². The smallest absolute Gasteiger partial charge is 1.00 e. The summed E-state index contributed by atoms with van der Waals surface area (Å²) in [5.41, 5.74) is 11.9. The molecule has 5 aromatic rings. The molecular formula is C55H54Cl4Zr. The minimum Gasteiger partial charge on any atom is -1.00 e. The minimum atomic E-state index is -3.36. The van der Waals surface area contributed by atoms with E-state index >= 15 is 0 Å². The molecule has 0 spiro atoms. The van der Waals surface area contributed by atoms with Crippen LogP contribution in [0.3, 0.4) is 0 Å². The van der Waals surface area contributed by atoms with Crippen molar-refractivity contribution < 1.29 is 46.1 Å². The first kappa shape index (κ1) is 43.9. The van der Waals surface area contributed by atoms with Crippen molar-refractivity contribution in [1.82, 2.24) is 0 Å². The molecule has 1 fully saturated rings. The molecule has 60 heavy (non-hydrogen) atoms. The Morgan fingerprint density at radius 2 is 1.22 bits per heavy atom. The van der Waals surface area contributed by atoms with Crippen LogP contribution in [0.15, 0.2) is 147 Å². The van der Waals surface area contributed by atoms with E-state index in [4.69, 9.17) is 23.2 Å². The molecule has 3 atom stereocenters. The standard InChI is InChI=1S/C29H37.C21H12Cl2.C5H5.2ClH.Zr/c1-18-25-22-17-19-13-9-10-14-20(19)24(22)21-15-11-12-16-23(21)29(25,8)28(6,7)27(4,5)26(18,2)3;22-20-11-3-7-16-14(5-1-9-18(16)20)13-15-6-2-10-19-17(15)8-4-12-21(19)23;1-2-4-5-3-1;;;/h9-11,13-15,23H,12,16-17H2,1-8H3;1-12H;1-3H,4H2;2*1H;/q;;;;;+2/p-2. The number of benzene rings is 5. The summed E-state index contributed by atoms with van der Waals surface area (Å²) in [7, 11) is 0. The Kier molecular flexibility index (Phi) is 11.1. The van der Waals surface area contributed by atoms with Crippen molar-refractivity contribution in [2.45, 2.75) is 84.2 Å². The molecule has 5 aliphatic carbocycles. The molecule has 0 heterocycles. The molecular weight excluding hydrogens is 894 g/mol. The van der Waals surface area contributed by atoms with E-state index in [2.05, 4.69) is 171 Å². The number of rotatable bonds is 4. The van der Waals surface area contributed by atoms with E-state index in [1.807, 2.05) is 12.1 Å². The SMILES string of the molecule is CC12C(=C3Cc4ccccc4C3=C3C=CCCC31)[C](C)([Zr+2]([C]1=CC=CC1)=[C](c1cccc3c(Cl)cccc13)c1cccc3c(Cl)cccc13)C(C)(C)C(C)(C)C2(C)C.[Cl-].[Cl-]. The van der Waals surface area contributed by atoms with E-state index < -0.39 is 21.3 Å². The van der Waals surface area contributed by atoms with Gasteiger partial charge in [0, 0.05) is 0 Å². The van der Waals surface area contributed by atoms with Crippen molar-refractivity contribution in [2.24, 2.45) is 27.6 Å². The van der Waals surface area contributed by atoms with Gasteiger partial charge in [0.15, 0.2) is 0 Å². The average Bonchev–Trinajstić information content (AvgIpc) is 3.88. The Bertz CT molecular complexity index is 2740. The molecule has 5 heteroatoms. The van der Waals surface area contributed by atoms with Gasteiger partial charge in [-0.2, -0.15) is 0 Å². The first-order chi connectivity index (χ1) is 27.7. The third-order valence-corrected chi connectivity index (χ3v) is 27.7. The van der Waals surface area contributed by atoms with Crippen LogP contribution >= 0.6 is 23.2 Å². The second kappa shape index (κ2) is 15.2. The maximum absolute atomic E-state index is 7.12. The molecule has 0 saturated heterocycles. The van der Waals surface area contributed by atoms with Crippen LogP contribution in [0.2, 0.25) is 13.2 Å². The monoisotopic (exact) mass is 944 g/mol. The van der Waals surface area contributed by atoms with E-state index in [0.717, 1.165) is 40.1 Å². The van der Waals surface area contributed by atoms with Gasteiger partial charge in [0.05, 0.1) is 0 Å². The number of allylic oxidation sites excluding steroid dienone is 10. The van der Waals surface area contributed by atoms with Gasteiger partial charge >= 0.3 is 366 Å². The molecule has 3 unspecified atom stereocenters. The number of hydrogen-bond donors (Lipinski definition) is 0. The Morgan fingerprint density at radius 1 is 0.633 bits per heavy atom. The zero-order chi connectivity index (χ0) is 40.6. The van der Waals surface area contributed by atoms with Crippen LogP contribution in [-0.2, 0) is 27.7 Å². The van der Waals surface area contributed by atoms with Crippen molar-refractivity contribution in [3.8, 4) is 0 Å². The van der Waals surface area contributed by atoms with Gasteiger partial charge in [0.2, 0.25) is 0 Å². The number of fused-ring (bicyclic) bond motifs is 8. The summed E-state index contributed by atoms with van der Waals surface area (Å²) in [6.07, 6.45) is 16.7. The average molecular weight is 948 g/mol. The van der Waals surface area contributed by atoms with Crippen molar-refractivity contribution in [3.63, 3.8) is 0 Å². The molecule has 0 amide bonds. The second-order valence-corrected chi connectivity index (χ2v) is 27.5. The molecule has 0 aliphatic heterocycles. The van der Waals surface area contributed by atoms with Gasteiger partial charge in [0.1, 0.15) is 0 Å². The summed E-state index contributed by atoms with van der Waals surface area (Å²) in [4.78, 5) is 0. The molecule has 306 valence electrons. The Hall–Kier alpha value is -2.77. The van der Waals surface area contributed by atoms with E-state index in [-0.39, 0.29) is 49.6 Å². The Balaban J connectivity index is 0.00000249. The third-order valence-electron chi connectivity index (χ3n) is 17.3. The Labute approximate surface area is 387 Å². The molecule has 1 saturated carbocycles. The molecule has 0 N–H and O–H groups in total. The van der Waals surface area contributed by atoms with Gasteiger partial charge in [-0.1, -0.05) is 0 Å². The van der Waals surface area contributed by atoms with Crippen molar-refractivity contribution in [2.75, 3.05) is 0 Å². The zero-order valence-electron chi connectivity index (χ0n) is 36.0. The van der Waals surface area contributed by atoms with Gasteiger partial charge in [-0.15, -0.1) is 0 Å². The fourth-order valence-electron chi connectivity index (χ4n) is 13.1. The molecule has 0 nitrogen and oxygen atoms in total. The quantitative estimate of drug-likeness (QED) is 0.169. The fourth-order valence-corrected chi connectivity index (χ4v) is 25.0. The topological polar surface area (TPSA) is 0 Å². The summed E-state index contributed by atoms with van der Waals surface area (Å²) in [5, 5.41) is 6.33. The summed E-state index contributed by atoms with van der Waals surface area (Å²) in [6.45, 7) is 21.5.